The fourth-order valence-corrected chi connectivity index (χ4v) is 2.14. The molecule has 2 aromatic rings. The molecule has 0 aliphatic carbocycles. The van der Waals surface area contributed by atoms with Crippen LogP contribution >= 0.6 is 12.4 Å². The maximum Gasteiger partial charge on any atom is 0.254 e. The topological polar surface area (TPSA) is 63.1 Å². The number of nitrogens with one attached hydrogen (secondary N) is 1. The van der Waals surface area contributed by atoms with Gasteiger partial charge < -0.3 is 10.2 Å². The molecule has 0 saturated carbocycles. The van der Waals surface area contributed by atoms with E-state index >= 15 is 0 Å². The molecule has 1 amide bonds. The fraction of sp³-hybridized carbons (Fsp3) is 0.308. The lowest BCUT2D eigenvalue weighted by Crippen LogP contribution is -2.46. The van der Waals surface area contributed by atoms with Crippen LogP contribution in [-0.2, 0) is 0 Å². The van der Waals surface area contributed by atoms with E-state index in [0.29, 0.717) is 11.4 Å². The monoisotopic (exact) mass is 293 g/mol. The van der Waals surface area contributed by atoms with Gasteiger partial charge in [-0.25, -0.2) is 9.97 Å². The number of hydrogen-bond acceptors (Lipinski definition) is 4. The highest BCUT2D eigenvalue weighted by Gasteiger charge is 2.18. The zero-order chi connectivity index (χ0) is 13.1. The number of amides is 1. The third-order valence-corrected chi connectivity index (χ3v) is 3.17. The van der Waals surface area contributed by atoms with E-state index in [1.165, 1.54) is 0 Å². The van der Waals surface area contributed by atoms with Crippen molar-refractivity contribution in [2.24, 2.45) is 0 Å². The quantitative estimate of drug-likeness (QED) is 0.887. The number of nitrogens with zero attached hydrogens (tertiary/aromatic N) is 4. The molecule has 1 fully saturated rings. The first kappa shape index (κ1) is 14.5. The van der Waals surface area contributed by atoms with Crippen molar-refractivity contribution in [3.05, 3.63) is 42.6 Å². The molecule has 3 heterocycles. The molecule has 0 radical (unpaired) electrons. The highest BCUT2D eigenvalue weighted by atomic mass is 35.5. The fourth-order valence-electron chi connectivity index (χ4n) is 2.14. The third-order valence-electron chi connectivity index (χ3n) is 3.17. The van der Waals surface area contributed by atoms with E-state index in [9.17, 15) is 4.79 Å². The molecule has 0 aromatic carbocycles. The summed E-state index contributed by atoms with van der Waals surface area (Å²) in [6.07, 6.45) is 6.82. The lowest BCUT2D eigenvalue weighted by molar-refractivity contribution is 0.0735. The highest BCUT2D eigenvalue weighted by molar-refractivity contribution is 5.94. The molecule has 1 aliphatic heterocycles. The first-order valence-electron chi connectivity index (χ1n) is 6.29. The van der Waals surface area contributed by atoms with Gasteiger partial charge in [0.15, 0.2) is 0 Å². The molecular formula is C13H16ClN5O. The van der Waals surface area contributed by atoms with Gasteiger partial charge in [-0.3, -0.25) is 9.36 Å². The van der Waals surface area contributed by atoms with Crippen LogP contribution in [-0.4, -0.2) is 51.5 Å². The Morgan fingerprint density at radius 3 is 2.75 bits per heavy atom. The summed E-state index contributed by atoms with van der Waals surface area (Å²) >= 11 is 0. The van der Waals surface area contributed by atoms with E-state index in [4.69, 9.17) is 0 Å². The third kappa shape index (κ3) is 2.97. The molecule has 0 bridgehead atoms. The Kier molecular flexibility index (Phi) is 4.70. The Labute approximate surface area is 123 Å². The molecule has 20 heavy (non-hydrogen) atoms. The average Bonchev–Trinajstić information content (AvgIpc) is 3.02. The molecule has 6 nitrogen and oxygen atoms in total. The zero-order valence-corrected chi connectivity index (χ0v) is 11.7. The maximum atomic E-state index is 12.4. The van der Waals surface area contributed by atoms with Crippen LogP contribution < -0.4 is 5.32 Å². The maximum absolute atomic E-state index is 12.4. The van der Waals surface area contributed by atoms with Crippen LogP contribution in [0, 0.1) is 0 Å². The number of halogens is 1. The van der Waals surface area contributed by atoms with Gasteiger partial charge >= 0.3 is 0 Å². The second-order valence-corrected chi connectivity index (χ2v) is 4.41. The van der Waals surface area contributed by atoms with Crippen molar-refractivity contribution in [1.82, 2.24) is 24.8 Å². The van der Waals surface area contributed by atoms with E-state index in [-0.39, 0.29) is 18.3 Å². The summed E-state index contributed by atoms with van der Waals surface area (Å²) in [6.45, 7) is 3.21. The van der Waals surface area contributed by atoms with Crippen LogP contribution in [0.1, 0.15) is 10.4 Å². The van der Waals surface area contributed by atoms with E-state index in [2.05, 4.69) is 15.3 Å². The minimum Gasteiger partial charge on any atom is -0.336 e. The molecule has 1 N–H and O–H groups in total. The first-order valence-corrected chi connectivity index (χ1v) is 6.29. The van der Waals surface area contributed by atoms with Crippen molar-refractivity contribution in [2.75, 3.05) is 26.2 Å². The predicted molar refractivity (Wildman–Crippen MR) is 77.4 cm³/mol. The molecule has 1 aliphatic rings. The Balaban J connectivity index is 0.00000147. The van der Waals surface area contributed by atoms with Gasteiger partial charge in [0.05, 0.1) is 0 Å². The van der Waals surface area contributed by atoms with Gasteiger partial charge in [-0.15, -0.1) is 12.4 Å². The molecule has 0 spiro atoms. The Hall–Kier alpha value is -1.92. The number of rotatable bonds is 2. The lowest BCUT2D eigenvalue weighted by Gasteiger charge is -2.27. The van der Waals surface area contributed by atoms with E-state index in [0.717, 1.165) is 26.2 Å². The second kappa shape index (κ2) is 6.49. The van der Waals surface area contributed by atoms with Gasteiger partial charge in [0.1, 0.15) is 12.1 Å². The van der Waals surface area contributed by atoms with Crippen LogP contribution in [0.5, 0.6) is 0 Å². The summed E-state index contributed by atoms with van der Waals surface area (Å²) in [5.74, 6) is 0.767. The summed E-state index contributed by atoms with van der Waals surface area (Å²) in [7, 11) is 0. The molecule has 0 unspecified atom stereocenters. The summed E-state index contributed by atoms with van der Waals surface area (Å²) in [6, 6.07) is 3.55. The van der Waals surface area contributed by atoms with Crippen molar-refractivity contribution in [1.29, 1.82) is 0 Å². The first-order chi connectivity index (χ1) is 9.34. The number of pyridine rings is 1. The van der Waals surface area contributed by atoms with Crippen LogP contribution in [0.15, 0.2) is 37.1 Å². The minimum atomic E-state index is 0. The van der Waals surface area contributed by atoms with Crippen molar-refractivity contribution in [2.45, 2.75) is 0 Å². The van der Waals surface area contributed by atoms with Gasteiger partial charge in [-0.2, -0.15) is 0 Å². The van der Waals surface area contributed by atoms with Crippen LogP contribution in [0.25, 0.3) is 5.82 Å². The summed E-state index contributed by atoms with van der Waals surface area (Å²) in [5, 5.41) is 3.24. The highest BCUT2D eigenvalue weighted by Crippen LogP contribution is 2.10. The zero-order valence-electron chi connectivity index (χ0n) is 10.9. The van der Waals surface area contributed by atoms with Crippen LogP contribution in [0.2, 0.25) is 0 Å². The van der Waals surface area contributed by atoms with Gasteiger partial charge in [-0.05, 0) is 12.1 Å². The van der Waals surface area contributed by atoms with E-state index in [1.54, 1.807) is 41.6 Å². The van der Waals surface area contributed by atoms with Crippen molar-refractivity contribution in [3.63, 3.8) is 0 Å². The number of aromatic nitrogens is 3. The Bertz CT molecular complexity index is 566. The van der Waals surface area contributed by atoms with Crippen molar-refractivity contribution >= 4 is 18.3 Å². The molecule has 1 saturated heterocycles. The number of piperazine rings is 1. The smallest absolute Gasteiger partial charge is 0.254 e. The standard InChI is InChI=1S/C13H15N5O.ClH/c19-13(17-6-3-14-4-7-17)11-1-2-16-12(9-11)18-8-5-15-10-18;/h1-2,5,8-10,14H,3-4,6-7H2;1H. The molecule has 106 valence electrons. The van der Waals surface area contributed by atoms with Gasteiger partial charge in [0.2, 0.25) is 0 Å². The molecule has 0 atom stereocenters. The molecular weight excluding hydrogens is 278 g/mol. The average molecular weight is 294 g/mol. The van der Waals surface area contributed by atoms with Gasteiger partial charge in [0, 0.05) is 50.3 Å². The van der Waals surface area contributed by atoms with Gasteiger partial charge in [-0.1, -0.05) is 0 Å². The SMILES string of the molecule is Cl.O=C(c1ccnc(-n2ccnc2)c1)N1CCNCC1. The van der Waals surface area contributed by atoms with E-state index < -0.39 is 0 Å². The second-order valence-electron chi connectivity index (χ2n) is 4.41. The van der Waals surface area contributed by atoms with Crippen LogP contribution in [0.4, 0.5) is 0 Å². The molecule has 3 rings (SSSR count). The summed E-state index contributed by atoms with van der Waals surface area (Å²) < 4.78 is 1.79. The number of carbonyl (C=O) groups excluding carboxylic acids is 1. The lowest BCUT2D eigenvalue weighted by atomic mass is 10.2. The minimum absolute atomic E-state index is 0. The Morgan fingerprint density at radius 1 is 1.25 bits per heavy atom. The van der Waals surface area contributed by atoms with E-state index in [1.807, 2.05) is 4.90 Å². The van der Waals surface area contributed by atoms with Gasteiger partial charge in [0.25, 0.3) is 5.91 Å². The summed E-state index contributed by atoms with van der Waals surface area (Å²) in [4.78, 5) is 22.5. The van der Waals surface area contributed by atoms with Crippen LogP contribution in [0.3, 0.4) is 0 Å². The normalized spacial score (nSPS) is 14.7. The Morgan fingerprint density at radius 2 is 2.05 bits per heavy atom. The number of imidazole rings is 1. The molecule has 2 aromatic heterocycles. The summed E-state index contributed by atoms with van der Waals surface area (Å²) in [5.41, 5.74) is 0.667. The van der Waals surface area contributed by atoms with Crippen molar-refractivity contribution in [3.8, 4) is 5.82 Å². The predicted octanol–water partition coefficient (Wildman–Crippen LogP) is 0.734. The largest absolute Gasteiger partial charge is 0.336 e. The number of hydrogen-bond donors (Lipinski definition) is 1. The van der Waals surface area contributed by atoms with Crippen molar-refractivity contribution < 1.29 is 4.79 Å². The number of carbonyl (C=O) groups is 1. The molecule has 7 heteroatoms.